The van der Waals surface area contributed by atoms with Crippen molar-refractivity contribution in [3.63, 3.8) is 0 Å². The summed E-state index contributed by atoms with van der Waals surface area (Å²) in [4.78, 5) is 32.8. The van der Waals surface area contributed by atoms with E-state index in [1.807, 2.05) is 36.6 Å². The van der Waals surface area contributed by atoms with Gasteiger partial charge in [-0.25, -0.2) is 13.8 Å². The topological polar surface area (TPSA) is 103 Å². The van der Waals surface area contributed by atoms with Gasteiger partial charge in [-0.1, -0.05) is 26.0 Å². The average Bonchev–Trinajstić information content (AvgIpc) is 3.31. The van der Waals surface area contributed by atoms with E-state index in [2.05, 4.69) is 16.7 Å². The molecule has 1 aliphatic carbocycles. The predicted octanol–water partition coefficient (Wildman–Crippen LogP) is 5.88. The van der Waals surface area contributed by atoms with Gasteiger partial charge in [0.05, 0.1) is 26.8 Å². The molecule has 5 rings (SSSR count). The first-order valence-electron chi connectivity index (χ1n) is 14.1. The van der Waals surface area contributed by atoms with Gasteiger partial charge in [-0.15, -0.1) is 11.3 Å². The van der Waals surface area contributed by atoms with E-state index in [1.54, 1.807) is 11.0 Å². The third-order valence-electron chi connectivity index (χ3n) is 7.44. The van der Waals surface area contributed by atoms with Gasteiger partial charge in [-0.05, 0) is 73.9 Å². The zero-order chi connectivity index (χ0) is 29.1. The van der Waals surface area contributed by atoms with Crippen LogP contribution in [-0.4, -0.2) is 45.4 Å². The normalized spacial score (nSPS) is 17.5. The highest BCUT2D eigenvalue weighted by molar-refractivity contribution is 7.14. The van der Waals surface area contributed by atoms with E-state index < -0.39 is 12.3 Å². The summed E-state index contributed by atoms with van der Waals surface area (Å²) in [6.07, 6.45) is 3.12. The smallest absolute Gasteiger partial charge is 0.272 e. The van der Waals surface area contributed by atoms with E-state index in [0.717, 1.165) is 47.7 Å². The minimum Gasteiger partial charge on any atom is -0.333 e. The van der Waals surface area contributed by atoms with Crippen LogP contribution in [0.3, 0.4) is 0 Å². The van der Waals surface area contributed by atoms with Crippen LogP contribution in [0, 0.1) is 23.2 Å². The number of allylic oxidation sites excluding steroid dienone is 1. The number of alkyl halides is 2. The number of nitrogens with zero attached hydrogens (tertiary/aromatic N) is 4. The summed E-state index contributed by atoms with van der Waals surface area (Å²) in [6, 6.07) is 10.5. The second-order valence-electron chi connectivity index (χ2n) is 11.1. The van der Waals surface area contributed by atoms with Crippen molar-refractivity contribution in [1.29, 1.82) is 5.26 Å². The van der Waals surface area contributed by atoms with E-state index in [4.69, 9.17) is 4.98 Å². The summed E-state index contributed by atoms with van der Waals surface area (Å²) < 4.78 is 28.1. The number of halogens is 2. The van der Waals surface area contributed by atoms with Gasteiger partial charge in [0.15, 0.2) is 0 Å². The first-order chi connectivity index (χ1) is 19.7. The number of rotatable bonds is 11. The molecular formula is C30H34F2N6O2S. The number of hydrogen-bond acceptors (Lipinski definition) is 6. The van der Waals surface area contributed by atoms with Gasteiger partial charge < -0.3 is 14.8 Å². The molecule has 8 nitrogen and oxygen atoms in total. The van der Waals surface area contributed by atoms with Crippen molar-refractivity contribution in [2.75, 3.05) is 18.4 Å². The number of likely N-dealkylation sites (tertiary alicyclic amines) is 1. The molecule has 3 aromatic rings. The maximum Gasteiger partial charge on any atom is 0.272 e. The molecule has 1 saturated carbocycles. The molecule has 0 spiro atoms. The molecule has 2 amide bonds. The van der Waals surface area contributed by atoms with Crippen LogP contribution in [0.25, 0.3) is 11.0 Å². The minimum absolute atomic E-state index is 0.0601. The first-order valence-corrected chi connectivity index (χ1v) is 14.9. The van der Waals surface area contributed by atoms with Gasteiger partial charge in [0.2, 0.25) is 5.95 Å². The lowest BCUT2D eigenvalue weighted by Crippen LogP contribution is -2.39. The predicted molar refractivity (Wildman–Crippen MR) is 155 cm³/mol. The highest BCUT2D eigenvalue weighted by Crippen LogP contribution is 2.30. The van der Waals surface area contributed by atoms with Crippen molar-refractivity contribution in [2.24, 2.45) is 11.8 Å². The summed E-state index contributed by atoms with van der Waals surface area (Å²) in [5, 5.41) is 15.9. The van der Waals surface area contributed by atoms with E-state index in [9.17, 15) is 23.6 Å². The Morgan fingerprint density at radius 3 is 2.71 bits per heavy atom. The first kappa shape index (κ1) is 28.9. The van der Waals surface area contributed by atoms with E-state index in [1.165, 1.54) is 25.0 Å². The van der Waals surface area contributed by atoms with E-state index in [0.29, 0.717) is 25.2 Å². The fourth-order valence-electron chi connectivity index (χ4n) is 5.21. The SMILES string of the molecule is CC(C)/C=C(\C#N)C(=O)N1CCC[C@@H]1Cn1c(NC(=O)c2ccc(C(F)F)s2)nc2cc(CNCC3CC3)ccc21. The number of amides is 2. The van der Waals surface area contributed by atoms with Crippen molar-refractivity contribution < 1.29 is 18.4 Å². The quantitative estimate of drug-likeness (QED) is 0.218. The maximum atomic E-state index is 13.3. The van der Waals surface area contributed by atoms with Crippen molar-refractivity contribution in [3.05, 3.63) is 57.3 Å². The van der Waals surface area contributed by atoms with E-state index >= 15 is 0 Å². The Morgan fingerprint density at radius 2 is 2.02 bits per heavy atom. The Kier molecular flexibility index (Phi) is 8.80. The molecular weight excluding hydrogens is 546 g/mol. The lowest BCUT2D eigenvalue weighted by Gasteiger charge is -2.26. The number of nitriles is 1. The van der Waals surface area contributed by atoms with Gasteiger partial charge >= 0.3 is 0 Å². The maximum absolute atomic E-state index is 13.3. The van der Waals surface area contributed by atoms with Crippen molar-refractivity contribution in [3.8, 4) is 6.07 Å². The fraction of sp³-hybridized carbons (Fsp3) is 0.467. The van der Waals surface area contributed by atoms with Gasteiger partial charge in [0.1, 0.15) is 11.6 Å². The molecule has 11 heteroatoms. The molecule has 2 aliphatic rings. The molecule has 2 fully saturated rings. The third kappa shape index (κ3) is 6.82. The highest BCUT2D eigenvalue weighted by atomic mass is 32.1. The summed E-state index contributed by atoms with van der Waals surface area (Å²) in [5.41, 5.74) is 2.68. The second kappa shape index (κ2) is 12.5. The third-order valence-corrected chi connectivity index (χ3v) is 8.54. The number of aromatic nitrogens is 2. The number of benzene rings is 1. The molecule has 1 atom stereocenters. The van der Waals surface area contributed by atoms with Crippen molar-refractivity contribution in [2.45, 2.75) is 65.1 Å². The van der Waals surface area contributed by atoms with Crippen LogP contribution >= 0.6 is 11.3 Å². The van der Waals surface area contributed by atoms with Crippen molar-refractivity contribution in [1.82, 2.24) is 19.8 Å². The fourth-order valence-corrected chi connectivity index (χ4v) is 5.97. The number of hydrogen-bond donors (Lipinski definition) is 2. The molecule has 1 aromatic carbocycles. The molecule has 216 valence electrons. The Labute approximate surface area is 242 Å². The molecule has 0 bridgehead atoms. The molecule has 2 aromatic heterocycles. The Hall–Kier alpha value is -3.62. The zero-order valence-corrected chi connectivity index (χ0v) is 24.0. The van der Waals surface area contributed by atoms with Gasteiger partial charge in [0, 0.05) is 19.6 Å². The zero-order valence-electron chi connectivity index (χ0n) is 23.2. The van der Waals surface area contributed by atoms with Crippen LogP contribution < -0.4 is 10.6 Å². The van der Waals surface area contributed by atoms with Gasteiger partial charge in [0.25, 0.3) is 18.2 Å². The molecule has 2 N–H and O–H groups in total. The Morgan fingerprint density at radius 1 is 1.22 bits per heavy atom. The number of imidazole rings is 1. The van der Waals surface area contributed by atoms with Crippen LogP contribution in [0.1, 0.15) is 66.1 Å². The summed E-state index contributed by atoms with van der Waals surface area (Å²) in [6.45, 7) is 6.44. The van der Waals surface area contributed by atoms with Crippen LogP contribution in [0.4, 0.5) is 14.7 Å². The van der Waals surface area contributed by atoms with Crippen LogP contribution in [0.15, 0.2) is 42.0 Å². The monoisotopic (exact) mass is 580 g/mol. The standard InChI is InChI=1S/C30H34F2N6O2S/c1-18(2)12-21(14-33)29(40)37-11-3-4-22(37)17-38-24-8-7-20(16-34-15-19-5-6-19)13-23(24)35-30(38)36-28(39)26-10-9-25(41-26)27(31)32/h7-10,12-13,18-19,22,27,34H,3-6,11,15-17H2,1-2H3,(H,35,36,39)/b21-12+/t22-/m1/s1. The average molecular weight is 581 g/mol. The lowest BCUT2D eigenvalue weighted by molar-refractivity contribution is -0.127. The molecule has 1 saturated heterocycles. The van der Waals surface area contributed by atoms with Gasteiger partial charge in [-0.2, -0.15) is 5.26 Å². The summed E-state index contributed by atoms with van der Waals surface area (Å²) in [7, 11) is 0. The summed E-state index contributed by atoms with van der Waals surface area (Å²) >= 11 is 0.751. The minimum atomic E-state index is -2.65. The van der Waals surface area contributed by atoms with Gasteiger partial charge in [-0.3, -0.25) is 14.9 Å². The molecule has 1 aliphatic heterocycles. The van der Waals surface area contributed by atoms with E-state index in [-0.39, 0.29) is 39.1 Å². The number of nitrogens with one attached hydrogen (secondary N) is 2. The lowest BCUT2D eigenvalue weighted by atomic mass is 10.1. The largest absolute Gasteiger partial charge is 0.333 e. The number of fused-ring (bicyclic) bond motifs is 1. The second-order valence-corrected chi connectivity index (χ2v) is 12.2. The number of thiophene rings is 1. The molecule has 3 heterocycles. The van der Waals surface area contributed by atoms with Crippen LogP contribution in [-0.2, 0) is 17.9 Å². The number of carbonyl (C=O) groups excluding carboxylic acids is 2. The molecule has 0 radical (unpaired) electrons. The summed E-state index contributed by atoms with van der Waals surface area (Å²) in [5.74, 6) is 0.302. The Bertz CT molecular complexity index is 1500. The van der Waals surface area contributed by atoms with Crippen LogP contribution in [0.5, 0.6) is 0 Å². The highest BCUT2D eigenvalue weighted by Gasteiger charge is 2.32. The number of carbonyl (C=O) groups is 2. The number of anilines is 1. The van der Waals surface area contributed by atoms with Crippen LogP contribution in [0.2, 0.25) is 0 Å². The molecule has 0 unspecified atom stereocenters. The van der Waals surface area contributed by atoms with Crippen molar-refractivity contribution >= 4 is 40.1 Å². The molecule has 41 heavy (non-hydrogen) atoms. The Balaban J connectivity index is 1.43.